The Balaban J connectivity index is 1.79. The van der Waals surface area contributed by atoms with Crippen LogP contribution >= 0.6 is 11.3 Å². The molecule has 30 heavy (non-hydrogen) atoms. The number of pyridine rings is 1. The van der Waals surface area contributed by atoms with E-state index in [4.69, 9.17) is 14.2 Å². The molecule has 0 aliphatic heterocycles. The van der Waals surface area contributed by atoms with Gasteiger partial charge < -0.3 is 14.2 Å². The van der Waals surface area contributed by atoms with Crippen LogP contribution in [0, 0.1) is 0 Å². The normalized spacial score (nSPS) is 11.6. The molecular weight excluding hydrogens is 408 g/mol. The van der Waals surface area contributed by atoms with E-state index in [2.05, 4.69) is 15.1 Å². The topological polar surface area (TPSA) is 105 Å². The summed E-state index contributed by atoms with van der Waals surface area (Å²) in [7, 11) is 2.91. The monoisotopic (exact) mass is 424 g/mol. The van der Waals surface area contributed by atoms with E-state index in [-0.39, 0.29) is 11.3 Å². The molecule has 0 atom stereocenters. The molecule has 3 aromatic heterocycles. The third kappa shape index (κ3) is 3.60. The first kappa shape index (κ1) is 19.5. The summed E-state index contributed by atoms with van der Waals surface area (Å²) in [5.41, 5.74) is 1.13. The van der Waals surface area contributed by atoms with Crippen molar-refractivity contribution in [1.29, 1.82) is 0 Å². The van der Waals surface area contributed by atoms with Gasteiger partial charge in [-0.25, -0.2) is 0 Å². The van der Waals surface area contributed by atoms with Gasteiger partial charge in [-0.3, -0.25) is 14.6 Å². The van der Waals surface area contributed by atoms with Gasteiger partial charge in [0.1, 0.15) is 0 Å². The minimum absolute atomic E-state index is 0.177. The minimum Gasteiger partial charge on any atom is -0.493 e. The number of ether oxygens (including phenoxy) is 3. The third-order valence-corrected chi connectivity index (χ3v) is 5.11. The number of esters is 1. The first-order valence-electron chi connectivity index (χ1n) is 8.76. The summed E-state index contributed by atoms with van der Waals surface area (Å²) in [6.45, 7) is 1.29. The summed E-state index contributed by atoms with van der Waals surface area (Å²) in [6.07, 6.45) is 4.96. The van der Waals surface area contributed by atoms with Gasteiger partial charge in [0.15, 0.2) is 17.3 Å². The molecule has 9 nitrogen and oxygen atoms in total. The number of fused-ring (bicyclic) bond motifs is 1. The molecule has 4 rings (SSSR count). The van der Waals surface area contributed by atoms with Crippen LogP contribution < -0.4 is 24.3 Å². The summed E-state index contributed by atoms with van der Waals surface area (Å²) < 4.78 is 17.5. The third-order valence-electron chi connectivity index (χ3n) is 4.15. The van der Waals surface area contributed by atoms with Crippen LogP contribution in [0.15, 0.2) is 41.5 Å². The summed E-state index contributed by atoms with van der Waals surface area (Å²) in [6, 6.07) is 6.86. The molecule has 0 fully saturated rings. The molecule has 0 aliphatic rings. The zero-order valence-corrected chi connectivity index (χ0v) is 17.1. The Morgan fingerprint density at radius 2 is 1.80 bits per heavy atom. The second kappa shape index (κ2) is 7.91. The average molecular weight is 424 g/mol. The van der Waals surface area contributed by atoms with Crippen molar-refractivity contribution in [3.63, 3.8) is 0 Å². The number of hydrogen-bond acceptors (Lipinski definition) is 9. The highest BCUT2D eigenvalue weighted by molar-refractivity contribution is 7.15. The van der Waals surface area contributed by atoms with Crippen molar-refractivity contribution in [2.45, 2.75) is 6.92 Å². The van der Waals surface area contributed by atoms with Crippen LogP contribution in [0.4, 0.5) is 0 Å². The second-order valence-corrected chi connectivity index (χ2v) is 7.14. The molecule has 0 N–H and O–H groups in total. The first-order valence-corrected chi connectivity index (χ1v) is 9.58. The molecule has 3 heterocycles. The zero-order valence-electron chi connectivity index (χ0n) is 16.3. The fourth-order valence-corrected chi connectivity index (χ4v) is 3.74. The maximum atomic E-state index is 12.8. The van der Waals surface area contributed by atoms with Crippen LogP contribution in [0.1, 0.15) is 12.5 Å². The summed E-state index contributed by atoms with van der Waals surface area (Å²) in [4.78, 5) is 33.0. The Morgan fingerprint density at radius 3 is 2.37 bits per heavy atom. The summed E-state index contributed by atoms with van der Waals surface area (Å²) >= 11 is 1.21. The predicted molar refractivity (Wildman–Crippen MR) is 110 cm³/mol. The number of hydrogen-bond donors (Lipinski definition) is 0. The largest absolute Gasteiger partial charge is 0.493 e. The molecule has 152 valence electrons. The molecule has 1 aromatic carbocycles. The van der Waals surface area contributed by atoms with Crippen molar-refractivity contribution in [3.8, 4) is 28.6 Å². The number of aromatic nitrogens is 4. The fraction of sp³-hybridized carbons (Fsp3) is 0.150. The summed E-state index contributed by atoms with van der Waals surface area (Å²) in [5.74, 6) is 0.754. The highest BCUT2D eigenvalue weighted by Gasteiger charge is 2.16. The lowest BCUT2D eigenvalue weighted by Gasteiger charge is -2.13. The molecule has 4 aromatic rings. The van der Waals surface area contributed by atoms with Crippen molar-refractivity contribution in [1.82, 2.24) is 19.6 Å². The highest BCUT2D eigenvalue weighted by atomic mass is 32.1. The number of rotatable bonds is 5. The number of methoxy groups -OCH3 is 2. The molecule has 0 saturated heterocycles. The van der Waals surface area contributed by atoms with E-state index in [0.29, 0.717) is 32.4 Å². The molecule has 0 radical (unpaired) electrons. The smallest absolute Gasteiger partial charge is 0.308 e. The molecule has 0 unspecified atom stereocenters. The standard InChI is InChI=1S/C20H16N4O5S/c1-11(25)29-17-14(27-2)8-12(9-15(17)28-3)10-16-19(26)24-20(30-16)22-18(23-24)13-4-6-21-7-5-13/h4-10H,1-3H3/b16-10-. The molecular formula is C20H16N4O5S. The highest BCUT2D eigenvalue weighted by Crippen LogP contribution is 2.38. The number of carbonyl (C=O) groups is 1. The zero-order chi connectivity index (χ0) is 21.3. The van der Waals surface area contributed by atoms with Crippen molar-refractivity contribution in [2.24, 2.45) is 0 Å². The number of carbonyl (C=O) groups excluding carboxylic acids is 1. The average Bonchev–Trinajstić information content (AvgIpc) is 3.28. The Labute approximate surface area is 174 Å². The lowest BCUT2D eigenvalue weighted by molar-refractivity contribution is -0.132. The van der Waals surface area contributed by atoms with Gasteiger partial charge in [0, 0.05) is 24.9 Å². The summed E-state index contributed by atoms with van der Waals surface area (Å²) in [5, 5.41) is 4.31. The van der Waals surface area contributed by atoms with E-state index in [9.17, 15) is 9.59 Å². The van der Waals surface area contributed by atoms with E-state index >= 15 is 0 Å². The van der Waals surface area contributed by atoms with Gasteiger partial charge in [-0.05, 0) is 35.9 Å². The Bertz CT molecular complexity index is 1320. The fourth-order valence-electron chi connectivity index (χ4n) is 2.84. The van der Waals surface area contributed by atoms with Gasteiger partial charge in [-0.15, -0.1) is 5.10 Å². The van der Waals surface area contributed by atoms with E-state index in [1.807, 2.05) is 0 Å². The van der Waals surface area contributed by atoms with Crippen LogP contribution in [0.5, 0.6) is 17.2 Å². The predicted octanol–water partition coefficient (Wildman–Crippen LogP) is 1.70. The van der Waals surface area contributed by atoms with Crippen LogP contribution in [-0.2, 0) is 4.79 Å². The molecule has 0 saturated carbocycles. The Kier molecular flexibility index (Phi) is 5.15. The van der Waals surface area contributed by atoms with Crippen molar-refractivity contribution >= 4 is 28.3 Å². The quantitative estimate of drug-likeness (QED) is 0.352. The van der Waals surface area contributed by atoms with Gasteiger partial charge in [0.05, 0.1) is 18.8 Å². The SMILES string of the molecule is COc1cc(/C=c2\sc3nc(-c4ccncc4)nn3c2=O)cc(OC)c1OC(C)=O. The lowest BCUT2D eigenvalue weighted by Crippen LogP contribution is -2.23. The van der Waals surface area contributed by atoms with Gasteiger partial charge in [0.2, 0.25) is 10.7 Å². The molecule has 0 spiro atoms. The maximum absolute atomic E-state index is 12.8. The van der Waals surface area contributed by atoms with E-state index in [1.54, 1.807) is 42.7 Å². The van der Waals surface area contributed by atoms with Gasteiger partial charge in [-0.2, -0.15) is 9.50 Å². The molecule has 0 bridgehead atoms. The van der Waals surface area contributed by atoms with Gasteiger partial charge in [0.25, 0.3) is 5.56 Å². The first-order chi connectivity index (χ1) is 14.5. The van der Waals surface area contributed by atoms with Crippen LogP contribution in [0.25, 0.3) is 22.4 Å². The van der Waals surface area contributed by atoms with Gasteiger partial charge in [-0.1, -0.05) is 11.3 Å². The molecule has 0 amide bonds. The second-order valence-electron chi connectivity index (χ2n) is 6.13. The minimum atomic E-state index is -0.499. The van der Waals surface area contributed by atoms with Crippen molar-refractivity contribution in [2.75, 3.05) is 14.2 Å². The van der Waals surface area contributed by atoms with Crippen molar-refractivity contribution in [3.05, 3.63) is 57.1 Å². The number of thiazole rings is 1. The lowest BCUT2D eigenvalue weighted by atomic mass is 10.1. The molecule has 10 heteroatoms. The maximum Gasteiger partial charge on any atom is 0.308 e. The van der Waals surface area contributed by atoms with Crippen LogP contribution in [0.3, 0.4) is 0 Å². The van der Waals surface area contributed by atoms with Gasteiger partial charge >= 0.3 is 5.97 Å². The van der Waals surface area contributed by atoms with E-state index in [1.165, 1.54) is 37.0 Å². The number of nitrogens with zero attached hydrogens (tertiary/aromatic N) is 4. The van der Waals surface area contributed by atoms with Crippen molar-refractivity contribution < 1.29 is 19.0 Å². The van der Waals surface area contributed by atoms with Crippen LogP contribution in [0.2, 0.25) is 0 Å². The Morgan fingerprint density at radius 1 is 1.13 bits per heavy atom. The molecule has 0 aliphatic carbocycles. The van der Waals surface area contributed by atoms with E-state index in [0.717, 1.165) is 5.56 Å². The van der Waals surface area contributed by atoms with E-state index < -0.39 is 5.97 Å². The number of benzene rings is 1. The Hall–Kier alpha value is -3.79. The van der Waals surface area contributed by atoms with Crippen LogP contribution in [-0.4, -0.2) is 39.8 Å².